The molecule has 118 valence electrons. The number of nitrogens with two attached hydrogens (primary N) is 1. The lowest BCUT2D eigenvalue weighted by Crippen LogP contribution is -2.35. The Balaban J connectivity index is 2.23. The molecule has 0 bridgehead atoms. The lowest BCUT2D eigenvalue weighted by Gasteiger charge is -2.27. The quantitative estimate of drug-likeness (QED) is 0.792. The van der Waals surface area contributed by atoms with Gasteiger partial charge < -0.3 is 5.73 Å². The first-order valence-electron chi connectivity index (χ1n) is 7.04. The second kappa shape index (κ2) is 6.32. The third-order valence-corrected chi connectivity index (χ3v) is 6.66. The Hall–Kier alpha value is -0.490. The van der Waals surface area contributed by atoms with E-state index < -0.39 is 10.0 Å². The van der Waals surface area contributed by atoms with Gasteiger partial charge in [-0.3, -0.25) is 0 Å². The van der Waals surface area contributed by atoms with Crippen molar-refractivity contribution in [2.24, 2.45) is 5.41 Å². The highest BCUT2D eigenvalue weighted by atomic mass is 35.5. The molecule has 21 heavy (non-hydrogen) atoms. The molecule has 3 N–H and O–H groups in total. The van der Waals surface area contributed by atoms with Gasteiger partial charge in [0.15, 0.2) is 0 Å². The zero-order valence-corrected chi connectivity index (χ0v) is 14.3. The normalized spacial score (nSPS) is 18.0. The van der Waals surface area contributed by atoms with Gasteiger partial charge in [-0.05, 0) is 36.8 Å². The van der Waals surface area contributed by atoms with Gasteiger partial charge in [-0.15, -0.1) is 0 Å². The Labute approximate surface area is 136 Å². The summed E-state index contributed by atoms with van der Waals surface area (Å²) in [6, 6.07) is 2.79. The minimum Gasteiger partial charge on any atom is -0.399 e. The molecule has 0 unspecified atom stereocenters. The predicted molar refractivity (Wildman–Crippen MR) is 87.3 cm³/mol. The molecular weight excluding hydrogens is 331 g/mol. The maximum absolute atomic E-state index is 12.5. The van der Waals surface area contributed by atoms with Crippen LogP contribution >= 0.6 is 23.2 Å². The number of nitrogens with one attached hydrogen (secondary N) is 1. The van der Waals surface area contributed by atoms with Gasteiger partial charge in [-0.2, -0.15) is 0 Å². The van der Waals surface area contributed by atoms with Crippen LogP contribution in [0.1, 0.15) is 39.0 Å². The number of sulfonamides is 1. The largest absolute Gasteiger partial charge is 0.399 e. The molecule has 1 saturated carbocycles. The molecule has 0 radical (unpaired) electrons. The van der Waals surface area contributed by atoms with Crippen molar-refractivity contribution in [3.63, 3.8) is 0 Å². The summed E-state index contributed by atoms with van der Waals surface area (Å²) in [7, 11) is -3.74. The Kier molecular flexibility index (Phi) is 5.08. The molecular formula is C14H20Cl2N2O2S. The molecule has 0 aromatic heterocycles. The van der Waals surface area contributed by atoms with E-state index in [-0.39, 0.29) is 20.4 Å². The number of hydrogen-bond acceptors (Lipinski definition) is 3. The van der Waals surface area contributed by atoms with Crippen LogP contribution in [0, 0.1) is 5.41 Å². The fourth-order valence-electron chi connectivity index (χ4n) is 2.94. The zero-order valence-electron chi connectivity index (χ0n) is 12.0. The molecule has 1 fully saturated rings. The van der Waals surface area contributed by atoms with Crippen molar-refractivity contribution in [2.75, 3.05) is 12.3 Å². The molecule has 0 spiro atoms. The predicted octanol–water partition coefficient (Wildman–Crippen LogP) is 3.82. The summed E-state index contributed by atoms with van der Waals surface area (Å²) in [5.74, 6) is 0. The Morgan fingerprint density at radius 3 is 2.24 bits per heavy atom. The summed E-state index contributed by atoms with van der Waals surface area (Å²) in [6.45, 7) is 2.52. The number of hydrogen-bond donors (Lipinski definition) is 2. The van der Waals surface area contributed by atoms with Crippen molar-refractivity contribution in [3.05, 3.63) is 22.2 Å². The van der Waals surface area contributed by atoms with Crippen molar-refractivity contribution in [3.8, 4) is 0 Å². The van der Waals surface area contributed by atoms with Gasteiger partial charge in [0.2, 0.25) is 10.0 Å². The van der Waals surface area contributed by atoms with Crippen molar-refractivity contribution in [1.29, 1.82) is 0 Å². The van der Waals surface area contributed by atoms with Gasteiger partial charge in [-0.1, -0.05) is 43.0 Å². The van der Waals surface area contributed by atoms with E-state index in [0.717, 1.165) is 32.1 Å². The van der Waals surface area contributed by atoms with Crippen LogP contribution in [0.5, 0.6) is 0 Å². The monoisotopic (exact) mass is 350 g/mol. The fraction of sp³-hybridized carbons (Fsp3) is 0.571. The first kappa shape index (κ1) is 16.9. The number of benzene rings is 1. The van der Waals surface area contributed by atoms with Crippen LogP contribution in [0.25, 0.3) is 0 Å². The Bertz CT molecular complexity index is 603. The van der Waals surface area contributed by atoms with E-state index in [1.165, 1.54) is 12.1 Å². The summed E-state index contributed by atoms with van der Waals surface area (Å²) in [4.78, 5) is -0.0933. The first-order chi connectivity index (χ1) is 9.80. The summed E-state index contributed by atoms with van der Waals surface area (Å²) >= 11 is 12.0. The van der Waals surface area contributed by atoms with Crippen molar-refractivity contribution >= 4 is 38.9 Å². The number of anilines is 1. The zero-order chi connectivity index (χ0) is 15.7. The van der Waals surface area contributed by atoms with E-state index in [0.29, 0.717) is 12.2 Å². The molecule has 1 aromatic carbocycles. The van der Waals surface area contributed by atoms with Crippen molar-refractivity contribution in [2.45, 2.75) is 43.9 Å². The van der Waals surface area contributed by atoms with Gasteiger partial charge >= 0.3 is 0 Å². The van der Waals surface area contributed by atoms with Gasteiger partial charge in [0.1, 0.15) is 4.90 Å². The minimum absolute atomic E-state index is 0.0458. The first-order valence-corrected chi connectivity index (χ1v) is 9.28. The topological polar surface area (TPSA) is 72.2 Å². The minimum atomic E-state index is -3.74. The molecule has 2 rings (SSSR count). The fourth-order valence-corrected chi connectivity index (χ4v) is 5.32. The second-order valence-corrected chi connectivity index (χ2v) is 8.22. The van der Waals surface area contributed by atoms with E-state index in [1.54, 1.807) is 0 Å². The number of rotatable bonds is 5. The molecule has 4 nitrogen and oxygen atoms in total. The van der Waals surface area contributed by atoms with Crippen LogP contribution < -0.4 is 10.5 Å². The molecule has 1 aliphatic carbocycles. The van der Waals surface area contributed by atoms with Gasteiger partial charge in [0, 0.05) is 12.2 Å². The third kappa shape index (κ3) is 3.65. The average molecular weight is 351 g/mol. The standard InChI is InChI=1S/C14H20Cl2N2O2S/c1-2-14(5-3-4-6-14)9-18-21(19,20)13-11(15)7-10(17)8-12(13)16/h7-8,18H,2-6,9,17H2,1H3. The van der Waals surface area contributed by atoms with Gasteiger partial charge in [0.05, 0.1) is 10.0 Å². The molecule has 0 atom stereocenters. The maximum Gasteiger partial charge on any atom is 0.243 e. The van der Waals surface area contributed by atoms with E-state index in [4.69, 9.17) is 28.9 Å². The second-order valence-electron chi connectivity index (χ2n) is 5.70. The SMILES string of the molecule is CCC1(CNS(=O)(=O)c2c(Cl)cc(N)cc2Cl)CCCC1. The van der Waals surface area contributed by atoms with Crippen LogP contribution in [0.15, 0.2) is 17.0 Å². The van der Waals surface area contributed by atoms with Gasteiger partial charge in [0.25, 0.3) is 0 Å². The highest BCUT2D eigenvalue weighted by Crippen LogP contribution is 2.41. The smallest absolute Gasteiger partial charge is 0.243 e. The summed E-state index contributed by atoms with van der Waals surface area (Å²) in [5, 5.41) is 0.0916. The van der Waals surface area contributed by atoms with Crippen LogP contribution in [0.3, 0.4) is 0 Å². The summed E-state index contributed by atoms with van der Waals surface area (Å²) < 4.78 is 27.6. The molecule has 0 saturated heterocycles. The molecule has 0 aliphatic heterocycles. The molecule has 1 aliphatic rings. The van der Waals surface area contributed by atoms with E-state index in [2.05, 4.69) is 11.6 Å². The maximum atomic E-state index is 12.5. The van der Waals surface area contributed by atoms with Gasteiger partial charge in [-0.25, -0.2) is 13.1 Å². The van der Waals surface area contributed by atoms with Crippen LogP contribution in [-0.2, 0) is 10.0 Å². The van der Waals surface area contributed by atoms with E-state index in [1.807, 2.05) is 0 Å². The average Bonchev–Trinajstić information content (AvgIpc) is 2.84. The molecule has 0 amide bonds. The van der Waals surface area contributed by atoms with Crippen LogP contribution in [0.4, 0.5) is 5.69 Å². The summed E-state index contributed by atoms with van der Waals surface area (Å²) in [5.41, 5.74) is 6.00. The Morgan fingerprint density at radius 2 is 1.76 bits per heavy atom. The van der Waals surface area contributed by atoms with Crippen LogP contribution in [-0.4, -0.2) is 15.0 Å². The van der Waals surface area contributed by atoms with Crippen LogP contribution in [0.2, 0.25) is 10.0 Å². The lowest BCUT2D eigenvalue weighted by atomic mass is 9.84. The lowest BCUT2D eigenvalue weighted by molar-refractivity contribution is 0.285. The molecule has 7 heteroatoms. The van der Waals surface area contributed by atoms with Crippen molar-refractivity contribution in [1.82, 2.24) is 4.72 Å². The summed E-state index contributed by atoms with van der Waals surface area (Å²) in [6.07, 6.45) is 5.36. The highest BCUT2D eigenvalue weighted by molar-refractivity contribution is 7.89. The molecule has 0 heterocycles. The third-order valence-electron chi connectivity index (χ3n) is 4.34. The number of nitrogen functional groups attached to an aromatic ring is 1. The van der Waals surface area contributed by atoms with Crippen molar-refractivity contribution < 1.29 is 8.42 Å². The Morgan fingerprint density at radius 1 is 1.24 bits per heavy atom. The number of halogens is 2. The highest BCUT2D eigenvalue weighted by Gasteiger charge is 2.34. The van der Waals surface area contributed by atoms with E-state index >= 15 is 0 Å². The van der Waals surface area contributed by atoms with E-state index in [9.17, 15) is 8.42 Å². The molecule has 1 aromatic rings.